The Balaban J connectivity index is 1.40. The summed E-state index contributed by atoms with van der Waals surface area (Å²) in [6, 6.07) is 11.1. The van der Waals surface area contributed by atoms with Gasteiger partial charge in [0.05, 0.1) is 10.9 Å². The average Bonchev–Trinajstić information content (AvgIpc) is 3.39. The molecule has 2 saturated heterocycles. The van der Waals surface area contributed by atoms with Crippen LogP contribution in [0.5, 0.6) is 0 Å². The zero-order valence-corrected chi connectivity index (χ0v) is 17.1. The monoisotopic (exact) mass is 431 g/mol. The molecule has 2 aromatic carbocycles. The number of amides is 2. The molecule has 2 fully saturated rings. The van der Waals surface area contributed by atoms with E-state index in [1.165, 1.54) is 57.7 Å². The van der Waals surface area contributed by atoms with Gasteiger partial charge in [0, 0.05) is 37.3 Å². The smallest absolute Gasteiger partial charge is 0.251 e. The number of carbonyl (C=O) groups is 2. The van der Waals surface area contributed by atoms with Crippen molar-refractivity contribution in [1.29, 1.82) is 0 Å². The zero-order chi connectivity index (χ0) is 21.3. The number of hydrogen-bond donors (Lipinski definition) is 1. The molecule has 2 heterocycles. The number of hydrogen-bond acceptors (Lipinski definition) is 4. The van der Waals surface area contributed by atoms with E-state index in [4.69, 9.17) is 0 Å². The lowest BCUT2D eigenvalue weighted by atomic mass is 10.2. The fraction of sp³-hybridized carbons (Fsp3) is 0.333. The maximum absolute atomic E-state index is 13.1. The number of carbonyl (C=O) groups excluding carboxylic acids is 2. The number of sulfonamides is 1. The van der Waals surface area contributed by atoms with Crippen molar-refractivity contribution in [2.75, 3.05) is 24.5 Å². The van der Waals surface area contributed by atoms with Crippen molar-refractivity contribution < 1.29 is 22.4 Å². The molecule has 1 atom stereocenters. The fourth-order valence-electron chi connectivity index (χ4n) is 3.80. The third kappa shape index (κ3) is 4.08. The molecule has 0 bridgehead atoms. The second-order valence-corrected chi connectivity index (χ2v) is 9.43. The Kier molecular flexibility index (Phi) is 5.57. The van der Waals surface area contributed by atoms with Crippen LogP contribution in [0.2, 0.25) is 0 Å². The van der Waals surface area contributed by atoms with E-state index in [1.807, 2.05) is 0 Å². The molecule has 0 aliphatic carbocycles. The van der Waals surface area contributed by atoms with E-state index in [1.54, 1.807) is 0 Å². The minimum Gasteiger partial charge on any atom is -0.347 e. The van der Waals surface area contributed by atoms with Crippen LogP contribution in [0.4, 0.5) is 10.1 Å². The minimum atomic E-state index is -3.53. The first-order valence-corrected chi connectivity index (χ1v) is 11.3. The third-order valence-electron chi connectivity index (χ3n) is 5.42. The van der Waals surface area contributed by atoms with Gasteiger partial charge in [-0.15, -0.1) is 0 Å². The second kappa shape index (κ2) is 8.16. The summed E-state index contributed by atoms with van der Waals surface area (Å²) in [5.41, 5.74) is 0.901. The molecule has 2 aromatic rings. The highest BCUT2D eigenvalue weighted by atomic mass is 32.2. The maximum Gasteiger partial charge on any atom is 0.251 e. The van der Waals surface area contributed by atoms with Crippen LogP contribution >= 0.6 is 0 Å². The van der Waals surface area contributed by atoms with Gasteiger partial charge >= 0.3 is 0 Å². The summed E-state index contributed by atoms with van der Waals surface area (Å²) in [5, 5.41) is 2.81. The first-order chi connectivity index (χ1) is 14.3. The molecule has 2 amide bonds. The molecule has 1 N–H and O–H groups in total. The molecule has 0 spiro atoms. The summed E-state index contributed by atoms with van der Waals surface area (Å²) in [4.78, 5) is 26.5. The van der Waals surface area contributed by atoms with Crippen LogP contribution < -0.4 is 10.2 Å². The van der Waals surface area contributed by atoms with Crippen LogP contribution in [0.1, 0.15) is 29.6 Å². The number of anilines is 1. The molecule has 7 nitrogen and oxygen atoms in total. The molecule has 2 aliphatic heterocycles. The van der Waals surface area contributed by atoms with Gasteiger partial charge in [0.2, 0.25) is 15.9 Å². The maximum atomic E-state index is 13.1. The van der Waals surface area contributed by atoms with E-state index in [0.29, 0.717) is 24.3 Å². The summed E-state index contributed by atoms with van der Waals surface area (Å²) >= 11 is 0. The van der Waals surface area contributed by atoms with Gasteiger partial charge in [-0.05, 0) is 61.4 Å². The van der Waals surface area contributed by atoms with Crippen molar-refractivity contribution >= 4 is 27.5 Å². The molecular formula is C21H22FN3O4S. The molecular weight excluding hydrogens is 409 g/mol. The quantitative estimate of drug-likeness (QED) is 0.786. The van der Waals surface area contributed by atoms with Gasteiger partial charge in [0.15, 0.2) is 0 Å². The van der Waals surface area contributed by atoms with Gasteiger partial charge in [0.1, 0.15) is 5.82 Å². The Morgan fingerprint density at radius 2 is 1.63 bits per heavy atom. The molecule has 0 aromatic heterocycles. The topological polar surface area (TPSA) is 86.8 Å². The van der Waals surface area contributed by atoms with Crippen molar-refractivity contribution in [3.63, 3.8) is 0 Å². The van der Waals surface area contributed by atoms with Gasteiger partial charge in [-0.1, -0.05) is 0 Å². The van der Waals surface area contributed by atoms with E-state index >= 15 is 0 Å². The van der Waals surface area contributed by atoms with E-state index < -0.39 is 10.0 Å². The molecule has 2 aliphatic rings. The first-order valence-electron chi connectivity index (χ1n) is 9.81. The lowest BCUT2D eigenvalue weighted by molar-refractivity contribution is -0.117. The normalized spacial score (nSPS) is 20.0. The minimum absolute atomic E-state index is 0.143. The van der Waals surface area contributed by atoms with Crippen LogP contribution in [0.25, 0.3) is 0 Å². The summed E-state index contributed by atoms with van der Waals surface area (Å²) in [7, 11) is -3.53. The van der Waals surface area contributed by atoms with E-state index in [2.05, 4.69) is 5.32 Å². The van der Waals surface area contributed by atoms with Crippen LogP contribution in [0.15, 0.2) is 53.4 Å². The Bertz CT molecular complexity index is 1050. The highest BCUT2D eigenvalue weighted by Crippen LogP contribution is 2.23. The molecule has 9 heteroatoms. The van der Waals surface area contributed by atoms with Crippen LogP contribution in [-0.4, -0.2) is 50.2 Å². The van der Waals surface area contributed by atoms with Crippen LogP contribution in [0, 0.1) is 5.82 Å². The van der Waals surface area contributed by atoms with Crippen molar-refractivity contribution in [3.05, 3.63) is 59.9 Å². The van der Waals surface area contributed by atoms with Gasteiger partial charge in [0.25, 0.3) is 5.91 Å². The summed E-state index contributed by atoms with van der Waals surface area (Å²) < 4.78 is 39.7. The Labute approximate surface area is 174 Å². The first kappa shape index (κ1) is 20.5. The number of nitrogens with one attached hydrogen (secondary N) is 1. The molecule has 4 rings (SSSR count). The highest BCUT2D eigenvalue weighted by molar-refractivity contribution is 7.89. The van der Waals surface area contributed by atoms with E-state index in [0.717, 1.165) is 12.8 Å². The predicted molar refractivity (Wildman–Crippen MR) is 109 cm³/mol. The Morgan fingerprint density at radius 1 is 1.00 bits per heavy atom. The molecule has 0 unspecified atom stereocenters. The number of benzene rings is 2. The van der Waals surface area contributed by atoms with Crippen molar-refractivity contribution in [3.8, 4) is 0 Å². The molecule has 0 saturated carbocycles. The average molecular weight is 431 g/mol. The Morgan fingerprint density at radius 3 is 2.27 bits per heavy atom. The lowest BCUT2D eigenvalue weighted by Gasteiger charge is -2.17. The third-order valence-corrected chi connectivity index (χ3v) is 7.33. The second-order valence-electron chi connectivity index (χ2n) is 7.49. The number of nitrogens with zero attached hydrogens (tertiary/aromatic N) is 2. The summed E-state index contributed by atoms with van der Waals surface area (Å²) in [6.45, 7) is 1.33. The SMILES string of the molecule is O=C(N[C@@H]1CC(=O)N(c2ccc(F)cc2)C1)c1ccc(S(=O)(=O)N2CCCC2)cc1. The molecule has 30 heavy (non-hydrogen) atoms. The van der Waals surface area contributed by atoms with Gasteiger partial charge in [-0.3, -0.25) is 9.59 Å². The predicted octanol–water partition coefficient (Wildman–Crippen LogP) is 2.15. The highest BCUT2D eigenvalue weighted by Gasteiger charge is 2.32. The standard InChI is InChI=1S/C21H22FN3O4S/c22-16-5-7-18(8-6-16)25-14-17(13-20(25)26)23-21(27)15-3-9-19(10-4-15)30(28,29)24-11-1-2-12-24/h3-10,17H,1-2,11-14H2,(H,23,27)/t17-/m1/s1. The summed E-state index contributed by atoms with van der Waals surface area (Å²) in [5.74, 6) is -0.914. The van der Waals surface area contributed by atoms with E-state index in [9.17, 15) is 22.4 Å². The van der Waals surface area contributed by atoms with E-state index in [-0.39, 0.29) is 41.5 Å². The van der Waals surface area contributed by atoms with Gasteiger partial charge in [-0.25, -0.2) is 12.8 Å². The number of halogens is 1. The number of rotatable bonds is 5. The van der Waals surface area contributed by atoms with Gasteiger partial charge < -0.3 is 10.2 Å². The zero-order valence-electron chi connectivity index (χ0n) is 16.3. The van der Waals surface area contributed by atoms with Crippen LogP contribution in [0.3, 0.4) is 0 Å². The van der Waals surface area contributed by atoms with Crippen LogP contribution in [-0.2, 0) is 14.8 Å². The Hall–Kier alpha value is -2.78. The van der Waals surface area contributed by atoms with Gasteiger partial charge in [-0.2, -0.15) is 4.31 Å². The largest absolute Gasteiger partial charge is 0.347 e. The van der Waals surface area contributed by atoms with Crippen molar-refractivity contribution in [1.82, 2.24) is 9.62 Å². The summed E-state index contributed by atoms with van der Waals surface area (Å²) in [6.07, 6.45) is 1.86. The van der Waals surface area contributed by atoms with Crippen molar-refractivity contribution in [2.45, 2.75) is 30.2 Å². The lowest BCUT2D eigenvalue weighted by Crippen LogP contribution is -2.37. The molecule has 0 radical (unpaired) electrons. The fourth-order valence-corrected chi connectivity index (χ4v) is 5.32. The van der Waals surface area contributed by atoms with Crippen molar-refractivity contribution in [2.24, 2.45) is 0 Å². The molecule has 158 valence electrons.